The first-order valence-corrected chi connectivity index (χ1v) is 6.80. The van der Waals surface area contributed by atoms with Crippen LogP contribution in [0.1, 0.15) is 30.9 Å². The zero-order valence-electron chi connectivity index (χ0n) is 12.0. The van der Waals surface area contributed by atoms with Gasteiger partial charge in [0.2, 0.25) is 0 Å². The topological polar surface area (TPSA) is 18.5 Å². The zero-order valence-corrected chi connectivity index (χ0v) is 12.0. The number of para-hydroxylation sites is 1. The minimum atomic E-state index is 0.344. The van der Waals surface area contributed by atoms with Crippen molar-refractivity contribution in [1.82, 2.24) is 0 Å². The average molecular weight is 268 g/mol. The van der Waals surface area contributed by atoms with E-state index in [0.29, 0.717) is 12.5 Å². The van der Waals surface area contributed by atoms with Gasteiger partial charge in [-0.05, 0) is 23.1 Å². The number of hydrogen-bond donors (Lipinski definition) is 0. The van der Waals surface area contributed by atoms with Crippen LogP contribution in [0, 0.1) is 0 Å². The predicted molar refractivity (Wildman–Crippen MR) is 82.6 cm³/mol. The Morgan fingerprint density at radius 2 is 1.65 bits per heavy atom. The molecule has 0 radical (unpaired) electrons. The summed E-state index contributed by atoms with van der Waals surface area (Å²) in [6.45, 7) is 8.61. The Morgan fingerprint density at radius 1 is 1.00 bits per heavy atom. The van der Waals surface area contributed by atoms with E-state index < -0.39 is 0 Å². The second-order valence-corrected chi connectivity index (χ2v) is 5.01. The van der Waals surface area contributed by atoms with E-state index in [4.69, 9.17) is 9.78 Å². The second kappa shape index (κ2) is 6.92. The van der Waals surface area contributed by atoms with Crippen molar-refractivity contribution in [1.29, 1.82) is 0 Å². The Labute approximate surface area is 120 Å². The van der Waals surface area contributed by atoms with Crippen molar-refractivity contribution in [2.75, 3.05) is 6.61 Å². The van der Waals surface area contributed by atoms with E-state index in [1.165, 1.54) is 0 Å². The van der Waals surface area contributed by atoms with E-state index in [1.54, 1.807) is 0 Å². The lowest BCUT2D eigenvalue weighted by molar-refractivity contribution is -0.194. The van der Waals surface area contributed by atoms with Gasteiger partial charge in [-0.25, -0.2) is 0 Å². The van der Waals surface area contributed by atoms with Crippen LogP contribution >= 0.6 is 0 Å². The second-order valence-electron chi connectivity index (χ2n) is 5.01. The SMILES string of the molecule is C=C(COOc1ccccc1C(C)C)c1ccccc1. The van der Waals surface area contributed by atoms with E-state index in [9.17, 15) is 0 Å². The molecule has 2 rings (SSSR count). The van der Waals surface area contributed by atoms with Gasteiger partial charge in [0.15, 0.2) is 5.75 Å². The third kappa shape index (κ3) is 3.72. The van der Waals surface area contributed by atoms with E-state index in [2.05, 4.69) is 26.5 Å². The fourth-order valence-electron chi connectivity index (χ4n) is 1.95. The summed E-state index contributed by atoms with van der Waals surface area (Å²) >= 11 is 0. The van der Waals surface area contributed by atoms with Gasteiger partial charge >= 0.3 is 0 Å². The van der Waals surface area contributed by atoms with Crippen LogP contribution in [0.25, 0.3) is 5.57 Å². The highest BCUT2D eigenvalue weighted by Crippen LogP contribution is 2.26. The number of rotatable bonds is 6. The Bertz CT molecular complexity index is 559. The van der Waals surface area contributed by atoms with E-state index >= 15 is 0 Å². The van der Waals surface area contributed by atoms with Gasteiger partial charge in [0.05, 0.1) is 0 Å². The molecule has 2 nitrogen and oxygen atoms in total. The molecule has 0 atom stereocenters. The van der Waals surface area contributed by atoms with E-state index in [0.717, 1.165) is 22.4 Å². The molecule has 2 aromatic rings. The highest BCUT2D eigenvalue weighted by atomic mass is 17.2. The first kappa shape index (κ1) is 14.4. The van der Waals surface area contributed by atoms with Crippen molar-refractivity contribution in [2.24, 2.45) is 0 Å². The molecule has 20 heavy (non-hydrogen) atoms. The standard InChI is InChI=1S/C18H20O2/c1-14(2)17-11-7-8-12-18(17)20-19-13-15(3)16-9-5-4-6-10-16/h4-12,14H,3,13H2,1-2H3. The summed E-state index contributed by atoms with van der Waals surface area (Å²) in [7, 11) is 0. The molecule has 0 aliphatic rings. The number of benzene rings is 2. The van der Waals surface area contributed by atoms with Gasteiger partial charge in [0, 0.05) is 5.56 Å². The molecule has 0 fully saturated rings. The quantitative estimate of drug-likeness (QED) is 0.551. The van der Waals surface area contributed by atoms with Gasteiger partial charge in [-0.15, -0.1) is 0 Å². The smallest absolute Gasteiger partial charge is 0.168 e. The molecule has 0 aliphatic carbocycles. The fourth-order valence-corrected chi connectivity index (χ4v) is 1.95. The molecule has 0 bridgehead atoms. The van der Waals surface area contributed by atoms with Crippen LogP contribution in [0.15, 0.2) is 61.2 Å². The zero-order chi connectivity index (χ0) is 14.4. The molecular weight excluding hydrogens is 248 g/mol. The van der Waals surface area contributed by atoms with Gasteiger partial charge in [-0.2, -0.15) is 4.89 Å². The van der Waals surface area contributed by atoms with E-state index in [1.807, 2.05) is 48.5 Å². The lowest BCUT2D eigenvalue weighted by Crippen LogP contribution is -2.03. The molecule has 0 unspecified atom stereocenters. The summed E-state index contributed by atoms with van der Waals surface area (Å²) in [5, 5.41) is 0. The molecule has 0 aromatic heterocycles. The lowest BCUT2D eigenvalue weighted by atomic mass is 10.0. The Balaban J connectivity index is 1.92. The van der Waals surface area contributed by atoms with Crippen molar-refractivity contribution in [3.8, 4) is 5.75 Å². The van der Waals surface area contributed by atoms with Crippen LogP contribution in [0.3, 0.4) is 0 Å². The maximum atomic E-state index is 5.43. The van der Waals surface area contributed by atoms with Crippen LogP contribution in [0.2, 0.25) is 0 Å². The highest BCUT2D eigenvalue weighted by Gasteiger charge is 2.08. The molecule has 0 saturated carbocycles. The first-order valence-electron chi connectivity index (χ1n) is 6.80. The van der Waals surface area contributed by atoms with Gasteiger partial charge in [0.1, 0.15) is 6.61 Å². The largest absolute Gasteiger partial charge is 0.337 e. The van der Waals surface area contributed by atoms with E-state index in [-0.39, 0.29) is 0 Å². The molecule has 0 heterocycles. The van der Waals surface area contributed by atoms with Crippen molar-refractivity contribution in [2.45, 2.75) is 19.8 Å². The normalized spacial score (nSPS) is 10.6. The van der Waals surface area contributed by atoms with Crippen LogP contribution in [-0.2, 0) is 4.89 Å². The summed E-state index contributed by atoms with van der Waals surface area (Å²) in [4.78, 5) is 10.8. The molecule has 2 heteroatoms. The summed E-state index contributed by atoms with van der Waals surface area (Å²) in [6, 6.07) is 17.9. The summed E-state index contributed by atoms with van der Waals surface area (Å²) in [5.41, 5.74) is 3.10. The molecule has 0 saturated heterocycles. The van der Waals surface area contributed by atoms with Crippen molar-refractivity contribution >= 4 is 5.57 Å². The Hall–Kier alpha value is -2.06. The number of hydrogen-bond acceptors (Lipinski definition) is 2. The first-order chi connectivity index (χ1) is 9.68. The van der Waals surface area contributed by atoms with Crippen LogP contribution in [-0.4, -0.2) is 6.61 Å². The van der Waals surface area contributed by atoms with Crippen molar-refractivity contribution in [3.63, 3.8) is 0 Å². The molecule has 0 aliphatic heterocycles. The van der Waals surface area contributed by atoms with Gasteiger partial charge in [0.25, 0.3) is 0 Å². The maximum absolute atomic E-state index is 5.43. The van der Waals surface area contributed by atoms with Gasteiger partial charge in [-0.3, -0.25) is 0 Å². The molecule has 2 aromatic carbocycles. The molecule has 0 amide bonds. The highest BCUT2D eigenvalue weighted by molar-refractivity contribution is 5.63. The summed E-state index contributed by atoms with van der Waals surface area (Å²) < 4.78 is 0. The van der Waals surface area contributed by atoms with Crippen LogP contribution < -0.4 is 4.89 Å². The fraction of sp³-hybridized carbons (Fsp3) is 0.222. The van der Waals surface area contributed by atoms with Crippen LogP contribution in [0.4, 0.5) is 0 Å². The monoisotopic (exact) mass is 268 g/mol. The average Bonchev–Trinajstić information content (AvgIpc) is 2.48. The molecule has 0 spiro atoms. The maximum Gasteiger partial charge on any atom is 0.168 e. The Kier molecular flexibility index (Phi) is 4.97. The van der Waals surface area contributed by atoms with Crippen LogP contribution in [0.5, 0.6) is 5.75 Å². The summed E-state index contributed by atoms with van der Waals surface area (Å²) in [5.74, 6) is 1.16. The molecule has 0 N–H and O–H groups in total. The van der Waals surface area contributed by atoms with Crippen molar-refractivity contribution < 1.29 is 9.78 Å². The summed E-state index contributed by atoms with van der Waals surface area (Å²) in [6.07, 6.45) is 0. The molecular formula is C18H20O2. The minimum absolute atomic E-state index is 0.344. The van der Waals surface area contributed by atoms with Crippen molar-refractivity contribution in [3.05, 3.63) is 72.3 Å². The predicted octanol–water partition coefficient (Wildman–Crippen LogP) is 4.83. The lowest BCUT2D eigenvalue weighted by Gasteiger charge is -2.13. The van der Waals surface area contributed by atoms with Gasteiger partial charge in [-0.1, -0.05) is 69.0 Å². The van der Waals surface area contributed by atoms with Gasteiger partial charge < -0.3 is 4.89 Å². The third-order valence-corrected chi connectivity index (χ3v) is 3.10. The third-order valence-electron chi connectivity index (χ3n) is 3.10. The Morgan fingerprint density at radius 3 is 2.35 bits per heavy atom. The molecule has 104 valence electrons. The minimum Gasteiger partial charge on any atom is -0.337 e.